The number of nitrogens with zero attached hydrogens (tertiary/aromatic N) is 3. The summed E-state index contributed by atoms with van der Waals surface area (Å²) in [5, 5.41) is 9.78. The molecule has 1 atom stereocenters. The molecule has 2 amide bonds. The molecular formula is C27H27N5O2. The van der Waals surface area contributed by atoms with Gasteiger partial charge in [-0.05, 0) is 42.0 Å². The summed E-state index contributed by atoms with van der Waals surface area (Å²) in [6.45, 7) is 0.435. The van der Waals surface area contributed by atoms with Crippen molar-refractivity contribution in [3.05, 3.63) is 114 Å². The first-order valence-corrected chi connectivity index (χ1v) is 11.3. The molecule has 34 heavy (non-hydrogen) atoms. The minimum atomic E-state index is -0.699. The molecule has 0 fully saturated rings. The maximum atomic E-state index is 12.8. The van der Waals surface area contributed by atoms with Gasteiger partial charge in [0.1, 0.15) is 12.7 Å². The number of rotatable bonds is 9. The van der Waals surface area contributed by atoms with Crippen LogP contribution in [0.1, 0.15) is 35.6 Å². The molecule has 172 valence electrons. The molecule has 0 aliphatic heterocycles. The van der Waals surface area contributed by atoms with Crippen LogP contribution in [0.4, 0.5) is 5.69 Å². The lowest BCUT2D eigenvalue weighted by molar-refractivity contribution is -0.136. The molecule has 0 aliphatic rings. The third-order valence-electron chi connectivity index (χ3n) is 5.58. The van der Waals surface area contributed by atoms with Crippen LogP contribution in [0.25, 0.3) is 0 Å². The number of aromatic nitrogens is 3. The molecule has 7 heteroatoms. The Bertz CT molecular complexity index is 1190. The summed E-state index contributed by atoms with van der Waals surface area (Å²) in [7, 11) is 0. The lowest BCUT2D eigenvalue weighted by Crippen LogP contribution is -2.38. The molecule has 1 heterocycles. The number of amides is 2. The van der Waals surface area contributed by atoms with Gasteiger partial charge in [-0.25, -0.2) is 9.67 Å². The molecule has 0 saturated carbocycles. The zero-order chi connectivity index (χ0) is 23.6. The second-order valence-electron chi connectivity index (χ2n) is 8.02. The number of carbonyl (C=O) groups is 2. The summed E-state index contributed by atoms with van der Waals surface area (Å²) in [5.74, 6) is -1.36. The van der Waals surface area contributed by atoms with E-state index in [2.05, 4.69) is 32.8 Å². The zero-order valence-corrected chi connectivity index (χ0v) is 18.8. The van der Waals surface area contributed by atoms with Crippen LogP contribution >= 0.6 is 0 Å². The number of benzene rings is 3. The average molecular weight is 454 g/mol. The molecule has 0 saturated heterocycles. The fourth-order valence-electron chi connectivity index (χ4n) is 3.83. The van der Waals surface area contributed by atoms with Crippen LogP contribution in [-0.4, -0.2) is 26.6 Å². The highest BCUT2D eigenvalue weighted by molar-refractivity contribution is 6.39. The van der Waals surface area contributed by atoms with Crippen molar-refractivity contribution < 1.29 is 9.59 Å². The van der Waals surface area contributed by atoms with Crippen LogP contribution in [0.3, 0.4) is 0 Å². The van der Waals surface area contributed by atoms with Gasteiger partial charge in [0, 0.05) is 5.69 Å². The Morgan fingerprint density at radius 1 is 0.853 bits per heavy atom. The Balaban J connectivity index is 1.40. The Kier molecular flexibility index (Phi) is 7.79. The third-order valence-corrected chi connectivity index (χ3v) is 5.58. The van der Waals surface area contributed by atoms with Crippen LogP contribution in [0, 0.1) is 0 Å². The van der Waals surface area contributed by atoms with E-state index in [0.29, 0.717) is 12.2 Å². The van der Waals surface area contributed by atoms with Crippen LogP contribution in [0.15, 0.2) is 97.6 Å². The van der Waals surface area contributed by atoms with E-state index in [1.165, 1.54) is 11.9 Å². The minimum absolute atomic E-state index is 0.256. The number of anilines is 1. The topological polar surface area (TPSA) is 88.9 Å². The predicted octanol–water partition coefficient (Wildman–Crippen LogP) is 4.15. The summed E-state index contributed by atoms with van der Waals surface area (Å²) >= 11 is 0. The SMILES string of the molecule is O=C(Nc1ccccc1Cn1cncn1)C(=O)NC(CCCc1ccccc1)c1ccccc1. The van der Waals surface area contributed by atoms with E-state index in [4.69, 9.17) is 0 Å². The van der Waals surface area contributed by atoms with E-state index < -0.39 is 11.8 Å². The second-order valence-corrected chi connectivity index (χ2v) is 8.02. The largest absolute Gasteiger partial charge is 0.341 e. The van der Waals surface area contributed by atoms with E-state index in [0.717, 1.165) is 30.4 Å². The van der Waals surface area contributed by atoms with Crippen molar-refractivity contribution in [3.63, 3.8) is 0 Å². The summed E-state index contributed by atoms with van der Waals surface area (Å²) in [4.78, 5) is 29.6. The van der Waals surface area contributed by atoms with E-state index >= 15 is 0 Å². The van der Waals surface area contributed by atoms with Gasteiger partial charge in [0.2, 0.25) is 0 Å². The van der Waals surface area contributed by atoms with Crippen molar-refractivity contribution >= 4 is 17.5 Å². The molecule has 3 aromatic carbocycles. The molecule has 0 spiro atoms. The van der Waals surface area contributed by atoms with Crippen molar-refractivity contribution in [2.75, 3.05) is 5.32 Å². The molecule has 0 radical (unpaired) electrons. The van der Waals surface area contributed by atoms with Gasteiger partial charge in [-0.1, -0.05) is 78.9 Å². The van der Waals surface area contributed by atoms with E-state index in [9.17, 15) is 9.59 Å². The summed E-state index contributed by atoms with van der Waals surface area (Å²) in [5.41, 5.74) is 3.63. The lowest BCUT2D eigenvalue weighted by Gasteiger charge is -2.19. The van der Waals surface area contributed by atoms with Crippen LogP contribution < -0.4 is 10.6 Å². The van der Waals surface area contributed by atoms with Crippen LogP contribution in [0.5, 0.6) is 0 Å². The molecule has 7 nitrogen and oxygen atoms in total. The average Bonchev–Trinajstić information content (AvgIpc) is 3.39. The fraction of sp³-hybridized carbons (Fsp3) is 0.185. The van der Waals surface area contributed by atoms with Gasteiger partial charge in [0.25, 0.3) is 0 Å². The third kappa shape index (κ3) is 6.38. The smallest absolute Gasteiger partial charge is 0.313 e. The van der Waals surface area contributed by atoms with Crippen molar-refractivity contribution in [3.8, 4) is 0 Å². The van der Waals surface area contributed by atoms with E-state index in [1.54, 1.807) is 17.1 Å². The first-order valence-electron chi connectivity index (χ1n) is 11.3. The minimum Gasteiger partial charge on any atom is -0.341 e. The number of aryl methyl sites for hydroxylation is 1. The highest BCUT2D eigenvalue weighted by Crippen LogP contribution is 2.20. The standard InChI is InChI=1S/C27H27N5O2/c33-26(27(34)31-25-16-8-7-15-23(25)18-32-20-28-19-29-32)30-24(22-13-5-2-6-14-22)17-9-12-21-10-3-1-4-11-21/h1-8,10-11,13-16,19-20,24H,9,12,17-18H2,(H,30,33)(H,31,34). The number of hydrogen-bond acceptors (Lipinski definition) is 4. The normalized spacial score (nSPS) is 11.5. The summed E-state index contributed by atoms with van der Waals surface area (Å²) < 4.78 is 1.66. The quantitative estimate of drug-likeness (QED) is 0.373. The van der Waals surface area contributed by atoms with Gasteiger partial charge in [-0.15, -0.1) is 0 Å². The molecule has 4 aromatic rings. The number of nitrogens with one attached hydrogen (secondary N) is 2. The molecule has 0 bridgehead atoms. The van der Waals surface area contributed by atoms with Gasteiger partial charge in [0.15, 0.2) is 0 Å². The molecule has 1 aromatic heterocycles. The van der Waals surface area contributed by atoms with Crippen LogP contribution in [0.2, 0.25) is 0 Å². The maximum absolute atomic E-state index is 12.8. The van der Waals surface area contributed by atoms with Crippen molar-refractivity contribution in [2.45, 2.75) is 31.8 Å². The lowest BCUT2D eigenvalue weighted by atomic mass is 9.99. The Morgan fingerprint density at radius 2 is 1.56 bits per heavy atom. The number of para-hydroxylation sites is 1. The highest BCUT2D eigenvalue weighted by Gasteiger charge is 2.21. The number of carbonyl (C=O) groups excluding carboxylic acids is 2. The van der Waals surface area contributed by atoms with E-state index in [1.807, 2.05) is 66.7 Å². The zero-order valence-electron chi connectivity index (χ0n) is 18.8. The van der Waals surface area contributed by atoms with Gasteiger partial charge in [0.05, 0.1) is 12.6 Å². The Labute approximate surface area is 198 Å². The van der Waals surface area contributed by atoms with Gasteiger partial charge < -0.3 is 10.6 Å². The van der Waals surface area contributed by atoms with Crippen molar-refractivity contribution in [1.29, 1.82) is 0 Å². The van der Waals surface area contributed by atoms with Gasteiger partial charge >= 0.3 is 11.8 Å². The predicted molar refractivity (Wildman–Crippen MR) is 131 cm³/mol. The van der Waals surface area contributed by atoms with Crippen molar-refractivity contribution in [1.82, 2.24) is 20.1 Å². The molecule has 2 N–H and O–H groups in total. The van der Waals surface area contributed by atoms with E-state index in [-0.39, 0.29) is 6.04 Å². The highest BCUT2D eigenvalue weighted by atomic mass is 16.2. The summed E-state index contributed by atoms with van der Waals surface area (Å²) in [6.07, 6.45) is 5.57. The Morgan fingerprint density at radius 3 is 2.29 bits per heavy atom. The van der Waals surface area contributed by atoms with Crippen molar-refractivity contribution in [2.24, 2.45) is 0 Å². The van der Waals surface area contributed by atoms with Gasteiger partial charge in [-0.3, -0.25) is 9.59 Å². The second kappa shape index (κ2) is 11.6. The monoisotopic (exact) mass is 453 g/mol. The number of hydrogen-bond donors (Lipinski definition) is 2. The first kappa shape index (κ1) is 22.9. The first-order chi connectivity index (χ1) is 16.7. The molecule has 0 aliphatic carbocycles. The van der Waals surface area contributed by atoms with Crippen LogP contribution in [-0.2, 0) is 22.6 Å². The summed E-state index contributed by atoms with van der Waals surface area (Å²) in [6, 6.07) is 27.1. The maximum Gasteiger partial charge on any atom is 0.313 e. The Hall–Kier alpha value is -4.26. The molecule has 4 rings (SSSR count). The molecule has 1 unspecified atom stereocenters. The fourth-order valence-corrected chi connectivity index (χ4v) is 3.83. The van der Waals surface area contributed by atoms with Gasteiger partial charge in [-0.2, -0.15) is 5.10 Å². The molecular weight excluding hydrogens is 426 g/mol.